The Kier molecular flexibility index (Phi) is 10.4. The first-order valence-electron chi connectivity index (χ1n) is 14.6. The number of thiophene rings is 1. The lowest BCUT2D eigenvalue weighted by molar-refractivity contribution is -0.115. The standard InChI is InChI=1S/C32H35N5O6S2/c1-5-43-31(40)27-22-13-6-9-16-25(22)45-30(27)34-28(38)19(2)44-32-36-35-26(37(32)23-14-7-8-15-24(23)42-4)18-33-29(39)20-11-10-12-21(17-20)41-3/h7-8,10-12,14-15,17,19H,5-6,9,13,16,18H2,1-4H3,(H,33,39)(H,34,38)/t19-/m0/s1. The van der Waals surface area contributed by atoms with E-state index in [1.165, 1.54) is 23.1 Å². The third-order valence-electron chi connectivity index (χ3n) is 7.30. The van der Waals surface area contributed by atoms with E-state index in [1.807, 2.05) is 24.3 Å². The highest BCUT2D eigenvalue weighted by Crippen LogP contribution is 2.39. The van der Waals surface area contributed by atoms with Crippen LogP contribution in [0.25, 0.3) is 5.69 Å². The molecule has 2 aromatic carbocycles. The summed E-state index contributed by atoms with van der Waals surface area (Å²) in [7, 11) is 3.11. The molecule has 0 saturated heterocycles. The van der Waals surface area contributed by atoms with E-state index in [-0.39, 0.29) is 25.0 Å². The second-order valence-electron chi connectivity index (χ2n) is 10.2. The number of aryl methyl sites for hydroxylation is 1. The third-order valence-corrected chi connectivity index (χ3v) is 9.55. The highest BCUT2D eigenvalue weighted by Gasteiger charge is 2.29. The molecule has 1 atom stereocenters. The van der Waals surface area contributed by atoms with Gasteiger partial charge in [-0.15, -0.1) is 21.5 Å². The predicted molar refractivity (Wildman–Crippen MR) is 173 cm³/mol. The summed E-state index contributed by atoms with van der Waals surface area (Å²) in [5.74, 6) is 0.585. The molecular formula is C32H35N5O6S2. The molecule has 13 heteroatoms. The van der Waals surface area contributed by atoms with Crippen molar-refractivity contribution in [3.05, 3.63) is 75.9 Å². The number of aromatic nitrogens is 3. The number of nitrogens with zero attached hydrogens (tertiary/aromatic N) is 3. The summed E-state index contributed by atoms with van der Waals surface area (Å²) < 4.78 is 18.0. The van der Waals surface area contributed by atoms with Gasteiger partial charge in [0, 0.05) is 10.4 Å². The van der Waals surface area contributed by atoms with Gasteiger partial charge >= 0.3 is 5.97 Å². The molecule has 11 nitrogen and oxygen atoms in total. The van der Waals surface area contributed by atoms with Gasteiger partial charge in [-0.3, -0.25) is 14.2 Å². The molecule has 0 aliphatic heterocycles. The summed E-state index contributed by atoms with van der Waals surface area (Å²) in [5.41, 5.74) is 2.54. The van der Waals surface area contributed by atoms with E-state index in [2.05, 4.69) is 20.8 Å². The van der Waals surface area contributed by atoms with E-state index in [1.54, 1.807) is 56.9 Å². The largest absolute Gasteiger partial charge is 0.497 e. The summed E-state index contributed by atoms with van der Waals surface area (Å²) in [6.07, 6.45) is 3.72. The minimum atomic E-state index is -0.615. The van der Waals surface area contributed by atoms with Crippen LogP contribution in [0.4, 0.5) is 5.00 Å². The Balaban J connectivity index is 1.39. The van der Waals surface area contributed by atoms with Gasteiger partial charge in [-0.2, -0.15) is 0 Å². The van der Waals surface area contributed by atoms with Crippen LogP contribution in [0, 0.1) is 0 Å². The summed E-state index contributed by atoms with van der Waals surface area (Å²) in [6.45, 7) is 3.85. The van der Waals surface area contributed by atoms with Crippen LogP contribution in [0.3, 0.4) is 0 Å². The first kappa shape index (κ1) is 32.0. The van der Waals surface area contributed by atoms with Crippen molar-refractivity contribution in [3.8, 4) is 17.2 Å². The Bertz CT molecular complexity index is 1700. The van der Waals surface area contributed by atoms with Crippen LogP contribution in [0.1, 0.15) is 63.7 Å². The number of hydrogen-bond acceptors (Lipinski definition) is 10. The zero-order valence-electron chi connectivity index (χ0n) is 25.5. The minimum Gasteiger partial charge on any atom is -0.497 e. The number of fused-ring (bicyclic) bond motifs is 1. The molecule has 0 radical (unpaired) electrons. The maximum Gasteiger partial charge on any atom is 0.341 e. The first-order chi connectivity index (χ1) is 21.8. The van der Waals surface area contributed by atoms with Crippen LogP contribution in [-0.4, -0.2) is 58.6 Å². The highest BCUT2D eigenvalue weighted by atomic mass is 32.2. The quantitative estimate of drug-likeness (QED) is 0.152. The van der Waals surface area contributed by atoms with Crippen LogP contribution in [0.15, 0.2) is 53.7 Å². The van der Waals surface area contributed by atoms with Gasteiger partial charge in [0.15, 0.2) is 11.0 Å². The molecule has 4 aromatic rings. The lowest BCUT2D eigenvalue weighted by atomic mass is 9.95. The van der Waals surface area contributed by atoms with E-state index >= 15 is 0 Å². The molecule has 1 aliphatic carbocycles. The lowest BCUT2D eigenvalue weighted by Gasteiger charge is -2.16. The minimum absolute atomic E-state index is 0.0614. The van der Waals surface area contributed by atoms with Crippen molar-refractivity contribution in [2.45, 2.75) is 56.5 Å². The maximum atomic E-state index is 13.5. The smallest absolute Gasteiger partial charge is 0.341 e. The monoisotopic (exact) mass is 649 g/mol. The Labute approximate surface area is 269 Å². The maximum absolute atomic E-state index is 13.5. The number of thioether (sulfide) groups is 1. The van der Waals surface area contributed by atoms with E-state index in [4.69, 9.17) is 14.2 Å². The van der Waals surface area contributed by atoms with Crippen molar-refractivity contribution in [1.29, 1.82) is 0 Å². The zero-order chi connectivity index (χ0) is 31.9. The Morgan fingerprint density at radius 2 is 1.84 bits per heavy atom. The highest BCUT2D eigenvalue weighted by molar-refractivity contribution is 8.00. The van der Waals surface area contributed by atoms with Crippen molar-refractivity contribution < 1.29 is 28.6 Å². The number of anilines is 1. The van der Waals surface area contributed by atoms with E-state index in [0.717, 1.165) is 36.1 Å². The fourth-order valence-corrected chi connectivity index (χ4v) is 7.23. The summed E-state index contributed by atoms with van der Waals surface area (Å²) in [4.78, 5) is 40.5. The molecule has 2 N–H and O–H groups in total. The molecule has 0 bridgehead atoms. The number of ether oxygens (including phenoxy) is 3. The van der Waals surface area contributed by atoms with Crippen molar-refractivity contribution in [3.63, 3.8) is 0 Å². The number of hydrogen-bond donors (Lipinski definition) is 2. The number of rotatable bonds is 12. The number of methoxy groups -OCH3 is 2. The molecule has 0 saturated carbocycles. The van der Waals surface area contributed by atoms with E-state index in [0.29, 0.717) is 44.3 Å². The Morgan fingerprint density at radius 3 is 2.62 bits per heavy atom. The topological polar surface area (TPSA) is 134 Å². The molecule has 2 heterocycles. The molecule has 2 aromatic heterocycles. The Morgan fingerprint density at radius 1 is 1.04 bits per heavy atom. The second-order valence-corrected chi connectivity index (χ2v) is 12.6. The van der Waals surface area contributed by atoms with Gasteiger partial charge in [-0.05, 0) is 75.4 Å². The lowest BCUT2D eigenvalue weighted by Crippen LogP contribution is -2.25. The van der Waals surface area contributed by atoms with Crippen molar-refractivity contribution in [1.82, 2.24) is 20.1 Å². The van der Waals surface area contributed by atoms with Gasteiger partial charge in [0.25, 0.3) is 5.91 Å². The number of benzene rings is 2. The molecule has 2 amide bonds. The number of nitrogens with one attached hydrogen (secondary N) is 2. The third kappa shape index (κ3) is 7.15. The average Bonchev–Trinajstić information content (AvgIpc) is 3.63. The van der Waals surface area contributed by atoms with Crippen LogP contribution in [-0.2, 0) is 28.9 Å². The summed E-state index contributed by atoms with van der Waals surface area (Å²) in [6, 6.07) is 14.2. The molecular weight excluding hydrogens is 615 g/mol. The molecule has 5 rings (SSSR count). The van der Waals surface area contributed by atoms with Crippen molar-refractivity contribution >= 4 is 45.9 Å². The molecule has 0 spiro atoms. The van der Waals surface area contributed by atoms with Crippen molar-refractivity contribution in [2.75, 3.05) is 26.1 Å². The summed E-state index contributed by atoms with van der Waals surface area (Å²) in [5, 5.41) is 15.0. The second kappa shape index (κ2) is 14.6. The number of carbonyl (C=O) groups excluding carboxylic acids is 3. The van der Waals surface area contributed by atoms with Gasteiger partial charge in [0.05, 0.1) is 43.9 Å². The number of para-hydroxylation sites is 2. The van der Waals surface area contributed by atoms with E-state index in [9.17, 15) is 14.4 Å². The predicted octanol–water partition coefficient (Wildman–Crippen LogP) is 5.45. The van der Waals surface area contributed by atoms with Crippen LogP contribution >= 0.6 is 23.1 Å². The van der Waals surface area contributed by atoms with Gasteiger partial charge in [0.1, 0.15) is 16.5 Å². The van der Waals surface area contributed by atoms with Gasteiger partial charge in [-0.25, -0.2) is 4.79 Å². The van der Waals surface area contributed by atoms with Gasteiger partial charge in [0.2, 0.25) is 5.91 Å². The van der Waals surface area contributed by atoms with Crippen LogP contribution < -0.4 is 20.1 Å². The van der Waals surface area contributed by atoms with Crippen LogP contribution in [0.2, 0.25) is 0 Å². The first-order valence-corrected chi connectivity index (χ1v) is 16.3. The zero-order valence-corrected chi connectivity index (χ0v) is 27.2. The molecule has 0 fully saturated rings. The van der Waals surface area contributed by atoms with Gasteiger partial charge < -0.3 is 24.8 Å². The fourth-order valence-electron chi connectivity index (χ4n) is 5.07. The SMILES string of the molecule is CCOC(=O)c1c(NC(=O)[C@H](C)Sc2nnc(CNC(=O)c3cccc(OC)c3)n2-c2ccccc2OC)sc2c1CCCC2. The van der Waals surface area contributed by atoms with E-state index < -0.39 is 11.2 Å². The van der Waals surface area contributed by atoms with Crippen LogP contribution in [0.5, 0.6) is 11.5 Å². The van der Waals surface area contributed by atoms with Gasteiger partial charge in [-0.1, -0.05) is 30.0 Å². The average molecular weight is 650 g/mol. The molecule has 45 heavy (non-hydrogen) atoms. The molecule has 0 unspecified atom stereocenters. The fraction of sp³-hybridized carbons (Fsp3) is 0.344. The molecule has 1 aliphatic rings. The number of esters is 1. The number of amides is 2. The Hall–Kier alpha value is -4.36. The summed E-state index contributed by atoms with van der Waals surface area (Å²) >= 11 is 2.66. The molecule has 236 valence electrons. The number of carbonyl (C=O) groups is 3. The normalized spacial score (nSPS) is 13.0. The van der Waals surface area contributed by atoms with Crippen molar-refractivity contribution in [2.24, 2.45) is 0 Å².